The Morgan fingerprint density at radius 1 is 1.33 bits per heavy atom. The van der Waals surface area contributed by atoms with Gasteiger partial charge in [0.05, 0.1) is 6.04 Å². The monoisotopic (exact) mass is 244 g/mol. The standard InChI is InChI=1S/C15H17FN2/c1-3-18-15(12-5-4-8-17-10-12)13-7-6-11(2)9-14(13)16/h4-10,15,18H,3H2,1-2H3. The molecule has 2 aromatic rings. The van der Waals surface area contributed by atoms with Gasteiger partial charge in [0.15, 0.2) is 0 Å². The summed E-state index contributed by atoms with van der Waals surface area (Å²) in [6.07, 6.45) is 3.49. The maximum atomic E-state index is 14.0. The fraction of sp³-hybridized carbons (Fsp3) is 0.267. The second kappa shape index (κ2) is 5.74. The van der Waals surface area contributed by atoms with E-state index < -0.39 is 0 Å². The maximum absolute atomic E-state index is 14.0. The minimum absolute atomic E-state index is 0.149. The summed E-state index contributed by atoms with van der Waals surface area (Å²) in [7, 11) is 0. The van der Waals surface area contributed by atoms with Crippen molar-refractivity contribution < 1.29 is 4.39 Å². The van der Waals surface area contributed by atoms with E-state index in [2.05, 4.69) is 10.3 Å². The molecule has 0 bridgehead atoms. The Morgan fingerprint density at radius 2 is 2.17 bits per heavy atom. The zero-order valence-electron chi connectivity index (χ0n) is 10.7. The lowest BCUT2D eigenvalue weighted by molar-refractivity contribution is 0.557. The van der Waals surface area contributed by atoms with E-state index in [1.165, 1.54) is 0 Å². The molecule has 0 aliphatic heterocycles. The number of halogens is 1. The van der Waals surface area contributed by atoms with Crippen LogP contribution in [-0.4, -0.2) is 11.5 Å². The third-order valence-electron chi connectivity index (χ3n) is 2.89. The van der Waals surface area contributed by atoms with Gasteiger partial charge in [-0.15, -0.1) is 0 Å². The van der Waals surface area contributed by atoms with Crippen LogP contribution >= 0.6 is 0 Å². The quantitative estimate of drug-likeness (QED) is 0.893. The number of hydrogen-bond acceptors (Lipinski definition) is 2. The molecule has 0 radical (unpaired) electrons. The van der Waals surface area contributed by atoms with Crippen LogP contribution < -0.4 is 5.32 Å². The highest BCUT2D eigenvalue weighted by Crippen LogP contribution is 2.24. The van der Waals surface area contributed by atoms with E-state index in [0.29, 0.717) is 5.56 Å². The molecule has 1 N–H and O–H groups in total. The van der Waals surface area contributed by atoms with Crippen molar-refractivity contribution in [2.24, 2.45) is 0 Å². The highest BCUT2D eigenvalue weighted by molar-refractivity contribution is 5.33. The zero-order chi connectivity index (χ0) is 13.0. The van der Waals surface area contributed by atoms with Crippen LogP contribution in [0.15, 0.2) is 42.7 Å². The molecule has 0 aliphatic carbocycles. The number of benzene rings is 1. The van der Waals surface area contributed by atoms with Gasteiger partial charge >= 0.3 is 0 Å². The molecule has 0 saturated heterocycles. The summed E-state index contributed by atoms with van der Waals surface area (Å²) in [6, 6.07) is 9.01. The molecular formula is C15H17FN2. The highest BCUT2D eigenvalue weighted by Gasteiger charge is 2.16. The van der Waals surface area contributed by atoms with Gasteiger partial charge in [0.25, 0.3) is 0 Å². The van der Waals surface area contributed by atoms with Crippen LogP contribution in [0.5, 0.6) is 0 Å². The molecule has 0 fully saturated rings. The van der Waals surface area contributed by atoms with Gasteiger partial charge in [0.2, 0.25) is 0 Å². The number of hydrogen-bond donors (Lipinski definition) is 1. The predicted molar refractivity (Wildman–Crippen MR) is 70.9 cm³/mol. The topological polar surface area (TPSA) is 24.9 Å². The first-order valence-electron chi connectivity index (χ1n) is 6.11. The van der Waals surface area contributed by atoms with Crippen LogP contribution in [0.25, 0.3) is 0 Å². The lowest BCUT2D eigenvalue weighted by Crippen LogP contribution is -2.23. The lowest BCUT2D eigenvalue weighted by Gasteiger charge is -2.19. The van der Waals surface area contributed by atoms with E-state index in [9.17, 15) is 4.39 Å². The molecule has 0 aliphatic rings. The van der Waals surface area contributed by atoms with E-state index >= 15 is 0 Å². The van der Waals surface area contributed by atoms with Crippen LogP contribution in [-0.2, 0) is 0 Å². The Labute approximate surface area is 107 Å². The number of aryl methyl sites for hydroxylation is 1. The summed E-state index contributed by atoms with van der Waals surface area (Å²) < 4.78 is 14.0. The van der Waals surface area contributed by atoms with Crippen molar-refractivity contribution in [3.8, 4) is 0 Å². The molecule has 0 spiro atoms. The third kappa shape index (κ3) is 2.74. The first-order chi connectivity index (χ1) is 8.72. The number of aromatic nitrogens is 1. The molecule has 94 valence electrons. The Hall–Kier alpha value is -1.74. The molecule has 1 heterocycles. The average Bonchev–Trinajstić information content (AvgIpc) is 2.38. The van der Waals surface area contributed by atoms with E-state index in [0.717, 1.165) is 17.7 Å². The summed E-state index contributed by atoms with van der Waals surface area (Å²) in [5.74, 6) is -0.176. The van der Waals surface area contributed by atoms with E-state index in [1.54, 1.807) is 18.5 Å². The van der Waals surface area contributed by atoms with Crippen LogP contribution in [0, 0.1) is 12.7 Å². The first kappa shape index (κ1) is 12.7. The fourth-order valence-electron chi connectivity index (χ4n) is 2.02. The van der Waals surface area contributed by atoms with Crippen LogP contribution in [0.4, 0.5) is 4.39 Å². The molecule has 18 heavy (non-hydrogen) atoms. The Balaban J connectivity index is 2.41. The van der Waals surface area contributed by atoms with Gasteiger partial charge < -0.3 is 5.32 Å². The van der Waals surface area contributed by atoms with Crippen molar-refractivity contribution in [1.82, 2.24) is 10.3 Å². The van der Waals surface area contributed by atoms with Crippen LogP contribution in [0.2, 0.25) is 0 Å². The summed E-state index contributed by atoms with van der Waals surface area (Å²) >= 11 is 0. The van der Waals surface area contributed by atoms with Gasteiger partial charge in [-0.2, -0.15) is 0 Å². The number of nitrogens with zero attached hydrogens (tertiary/aromatic N) is 1. The molecule has 2 rings (SSSR count). The highest BCUT2D eigenvalue weighted by atomic mass is 19.1. The number of pyridine rings is 1. The van der Waals surface area contributed by atoms with E-state index in [1.807, 2.05) is 38.1 Å². The third-order valence-corrected chi connectivity index (χ3v) is 2.89. The molecule has 1 unspecified atom stereocenters. The van der Waals surface area contributed by atoms with Crippen LogP contribution in [0.3, 0.4) is 0 Å². The van der Waals surface area contributed by atoms with Crippen molar-refractivity contribution in [2.45, 2.75) is 19.9 Å². The Bertz CT molecular complexity index is 511. The van der Waals surface area contributed by atoms with Gasteiger partial charge in [-0.05, 0) is 36.7 Å². The minimum atomic E-state index is -0.176. The molecule has 0 saturated carbocycles. The summed E-state index contributed by atoms with van der Waals surface area (Å²) in [4.78, 5) is 4.10. The largest absolute Gasteiger partial charge is 0.306 e. The maximum Gasteiger partial charge on any atom is 0.128 e. The normalized spacial score (nSPS) is 12.4. The second-order valence-corrected chi connectivity index (χ2v) is 4.30. The van der Waals surface area contributed by atoms with Gasteiger partial charge in [0, 0.05) is 18.0 Å². The van der Waals surface area contributed by atoms with Gasteiger partial charge in [0.1, 0.15) is 5.82 Å². The lowest BCUT2D eigenvalue weighted by atomic mass is 9.98. The fourth-order valence-corrected chi connectivity index (χ4v) is 2.02. The molecule has 2 nitrogen and oxygen atoms in total. The summed E-state index contributed by atoms with van der Waals surface area (Å²) in [5.41, 5.74) is 2.57. The van der Waals surface area contributed by atoms with Crippen molar-refractivity contribution in [2.75, 3.05) is 6.54 Å². The van der Waals surface area contributed by atoms with Crippen molar-refractivity contribution in [3.05, 3.63) is 65.2 Å². The van der Waals surface area contributed by atoms with Gasteiger partial charge in [-0.3, -0.25) is 4.98 Å². The van der Waals surface area contributed by atoms with Gasteiger partial charge in [-0.1, -0.05) is 25.1 Å². The van der Waals surface area contributed by atoms with Crippen molar-refractivity contribution >= 4 is 0 Å². The zero-order valence-corrected chi connectivity index (χ0v) is 10.7. The minimum Gasteiger partial charge on any atom is -0.306 e. The number of nitrogens with one attached hydrogen (secondary N) is 1. The molecule has 1 atom stereocenters. The van der Waals surface area contributed by atoms with Crippen molar-refractivity contribution in [1.29, 1.82) is 0 Å². The molecule has 3 heteroatoms. The molecular weight excluding hydrogens is 227 g/mol. The van der Waals surface area contributed by atoms with E-state index in [4.69, 9.17) is 0 Å². The van der Waals surface area contributed by atoms with E-state index in [-0.39, 0.29) is 11.9 Å². The smallest absolute Gasteiger partial charge is 0.128 e. The summed E-state index contributed by atoms with van der Waals surface area (Å²) in [5, 5.41) is 3.30. The molecule has 1 aromatic carbocycles. The second-order valence-electron chi connectivity index (χ2n) is 4.30. The Kier molecular flexibility index (Phi) is 4.05. The SMILES string of the molecule is CCNC(c1cccnc1)c1ccc(C)cc1F. The first-order valence-corrected chi connectivity index (χ1v) is 6.11. The average molecular weight is 244 g/mol. The molecule has 1 aromatic heterocycles. The number of rotatable bonds is 4. The Morgan fingerprint density at radius 3 is 2.78 bits per heavy atom. The van der Waals surface area contributed by atoms with Gasteiger partial charge in [-0.25, -0.2) is 4.39 Å². The molecule has 0 amide bonds. The summed E-state index contributed by atoms with van der Waals surface area (Å²) in [6.45, 7) is 4.67. The predicted octanol–water partition coefficient (Wildman–Crippen LogP) is 3.23. The van der Waals surface area contributed by atoms with Crippen LogP contribution in [0.1, 0.15) is 29.7 Å². The van der Waals surface area contributed by atoms with Crippen molar-refractivity contribution in [3.63, 3.8) is 0 Å².